The molecule has 0 aromatic carbocycles. The lowest BCUT2D eigenvalue weighted by atomic mass is 10.4. The molecular weight excluding hydrogens is 218 g/mol. The maximum atomic E-state index is 11.8. The van der Waals surface area contributed by atoms with Crippen LogP contribution in [0.25, 0.3) is 0 Å². The summed E-state index contributed by atoms with van der Waals surface area (Å²) in [6.07, 6.45) is 0.276. The first-order valence-electron chi connectivity index (χ1n) is 5.05. The van der Waals surface area contributed by atoms with Crippen LogP contribution in [-0.2, 0) is 14.8 Å². The van der Waals surface area contributed by atoms with E-state index < -0.39 is 10.0 Å². The summed E-state index contributed by atoms with van der Waals surface area (Å²) in [6.45, 7) is 4.30. The zero-order chi connectivity index (χ0) is 11.9. The molecule has 0 fully saturated rings. The van der Waals surface area contributed by atoms with Gasteiger partial charge in [0.15, 0.2) is 0 Å². The third kappa shape index (κ3) is 5.46. The number of hydrogen-bond donors (Lipinski definition) is 1. The van der Waals surface area contributed by atoms with Crippen molar-refractivity contribution in [2.75, 3.05) is 32.6 Å². The monoisotopic (exact) mass is 239 g/mol. The average molecular weight is 239 g/mol. The van der Waals surface area contributed by atoms with Crippen LogP contribution in [-0.4, -0.2) is 56.5 Å². The molecule has 92 valence electrons. The zero-order valence-electron chi connectivity index (χ0n) is 9.64. The van der Waals surface area contributed by atoms with Gasteiger partial charge in [-0.05, 0) is 20.3 Å². The van der Waals surface area contributed by atoms with Crippen molar-refractivity contribution in [3.05, 3.63) is 0 Å². The molecule has 0 atom stereocenters. The molecule has 0 saturated heterocycles. The molecule has 0 unspecified atom stereocenters. The molecule has 5 nitrogen and oxygen atoms in total. The minimum absolute atomic E-state index is 0.00854. The first-order valence-corrected chi connectivity index (χ1v) is 6.66. The van der Waals surface area contributed by atoms with E-state index in [1.807, 2.05) is 13.8 Å². The Kier molecular flexibility index (Phi) is 7.08. The van der Waals surface area contributed by atoms with Gasteiger partial charge in [0.1, 0.15) is 0 Å². The molecule has 0 saturated carbocycles. The van der Waals surface area contributed by atoms with Gasteiger partial charge in [-0.1, -0.05) is 0 Å². The Hall–Kier alpha value is -0.170. The standard InChI is InChI=1S/C9H21NO4S/c1-9(2)10(5-7-14-3)15(12,13)8-4-6-11/h9,11H,4-8H2,1-3H3. The van der Waals surface area contributed by atoms with Crippen LogP contribution < -0.4 is 0 Å². The summed E-state index contributed by atoms with van der Waals surface area (Å²) in [5, 5.41) is 8.62. The largest absolute Gasteiger partial charge is 0.396 e. The molecule has 0 aliphatic rings. The van der Waals surface area contributed by atoms with Crippen molar-refractivity contribution >= 4 is 10.0 Å². The lowest BCUT2D eigenvalue weighted by molar-refractivity contribution is 0.170. The Morgan fingerprint density at radius 1 is 1.40 bits per heavy atom. The Morgan fingerprint density at radius 2 is 2.00 bits per heavy atom. The minimum atomic E-state index is -3.26. The number of hydrogen-bond acceptors (Lipinski definition) is 4. The van der Waals surface area contributed by atoms with Crippen LogP contribution in [0.2, 0.25) is 0 Å². The number of sulfonamides is 1. The van der Waals surface area contributed by atoms with Crippen molar-refractivity contribution in [2.24, 2.45) is 0 Å². The predicted octanol–water partition coefficient (Wildman–Crippen LogP) is 0.0554. The van der Waals surface area contributed by atoms with Crippen LogP contribution in [0.15, 0.2) is 0 Å². The number of rotatable bonds is 8. The van der Waals surface area contributed by atoms with E-state index in [0.29, 0.717) is 13.2 Å². The molecule has 0 bridgehead atoms. The van der Waals surface area contributed by atoms with Crippen molar-refractivity contribution < 1.29 is 18.3 Å². The maximum absolute atomic E-state index is 11.8. The summed E-state index contributed by atoms with van der Waals surface area (Å²) in [7, 11) is -1.72. The molecular formula is C9H21NO4S. The fourth-order valence-corrected chi connectivity index (χ4v) is 2.99. The normalized spacial score (nSPS) is 12.7. The van der Waals surface area contributed by atoms with E-state index in [-0.39, 0.29) is 24.8 Å². The average Bonchev–Trinajstić information content (AvgIpc) is 2.14. The number of aliphatic hydroxyl groups is 1. The smallest absolute Gasteiger partial charge is 0.214 e. The van der Waals surface area contributed by atoms with E-state index >= 15 is 0 Å². The van der Waals surface area contributed by atoms with Crippen molar-refractivity contribution in [3.63, 3.8) is 0 Å². The number of aliphatic hydroxyl groups excluding tert-OH is 1. The lowest BCUT2D eigenvalue weighted by Crippen LogP contribution is -2.40. The molecule has 0 aromatic heterocycles. The van der Waals surface area contributed by atoms with Gasteiger partial charge >= 0.3 is 0 Å². The van der Waals surface area contributed by atoms with Gasteiger partial charge in [0.2, 0.25) is 10.0 Å². The molecule has 0 aromatic rings. The first kappa shape index (κ1) is 14.8. The van der Waals surface area contributed by atoms with Crippen LogP contribution in [0.1, 0.15) is 20.3 Å². The second-order valence-corrected chi connectivity index (χ2v) is 5.63. The molecule has 0 rings (SSSR count). The van der Waals surface area contributed by atoms with E-state index in [4.69, 9.17) is 9.84 Å². The number of nitrogens with zero attached hydrogens (tertiary/aromatic N) is 1. The summed E-state index contributed by atoms with van der Waals surface area (Å²) in [6, 6.07) is -0.0798. The van der Waals surface area contributed by atoms with Gasteiger partial charge in [-0.15, -0.1) is 0 Å². The Balaban J connectivity index is 4.45. The van der Waals surface area contributed by atoms with E-state index in [9.17, 15) is 8.42 Å². The second kappa shape index (κ2) is 7.16. The lowest BCUT2D eigenvalue weighted by Gasteiger charge is -2.25. The summed E-state index contributed by atoms with van der Waals surface area (Å²) in [5.74, 6) is -0.00854. The Labute approximate surface area is 92.1 Å². The molecule has 1 N–H and O–H groups in total. The summed E-state index contributed by atoms with van der Waals surface area (Å²) in [4.78, 5) is 0. The van der Waals surface area contributed by atoms with Crippen molar-refractivity contribution in [1.29, 1.82) is 0 Å². The summed E-state index contributed by atoms with van der Waals surface area (Å²) in [5.41, 5.74) is 0. The number of methoxy groups -OCH3 is 1. The molecule has 15 heavy (non-hydrogen) atoms. The third-order valence-corrected chi connectivity index (χ3v) is 4.13. The van der Waals surface area contributed by atoms with E-state index in [2.05, 4.69) is 0 Å². The molecule has 0 aliphatic heterocycles. The van der Waals surface area contributed by atoms with Gasteiger partial charge in [0, 0.05) is 26.3 Å². The summed E-state index contributed by atoms with van der Waals surface area (Å²) < 4.78 is 29.9. The quantitative estimate of drug-likeness (QED) is 0.650. The fourth-order valence-electron chi connectivity index (χ4n) is 1.26. The fraction of sp³-hybridized carbons (Fsp3) is 1.00. The van der Waals surface area contributed by atoms with E-state index in [1.165, 1.54) is 4.31 Å². The first-order chi connectivity index (χ1) is 6.95. The molecule has 0 aliphatic carbocycles. The van der Waals surface area contributed by atoms with Gasteiger partial charge in [0.05, 0.1) is 12.4 Å². The van der Waals surface area contributed by atoms with Crippen molar-refractivity contribution in [2.45, 2.75) is 26.3 Å². The maximum Gasteiger partial charge on any atom is 0.214 e. The van der Waals surface area contributed by atoms with Crippen LogP contribution in [0.3, 0.4) is 0 Å². The van der Waals surface area contributed by atoms with Gasteiger partial charge < -0.3 is 9.84 Å². The highest BCUT2D eigenvalue weighted by molar-refractivity contribution is 7.89. The SMILES string of the molecule is COCCN(C(C)C)S(=O)(=O)CCCO. The van der Waals surface area contributed by atoms with Gasteiger partial charge in [-0.2, -0.15) is 4.31 Å². The van der Waals surface area contributed by atoms with Crippen LogP contribution in [0.5, 0.6) is 0 Å². The topological polar surface area (TPSA) is 66.8 Å². The third-order valence-electron chi connectivity index (χ3n) is 2.01. The van der Waals surface area contributed by atoms with Gasteiger partial charge in [-0.25, -0.2) is 8.42 Å². The van der Waals surface area contributed by atoms with Crippen molar-refractivity contribution in [3.8, 4) is 0 Å². The highest BCUT2D eigenvalue weighted by atomic mass is 32.2. The second-order valence-electron chi connectivity index (χ2n) is 3.59. The van der Waals surface area contributed by atoms with Gasteiger partial charge in [0.25, 0.3) is 0 Å². The molecule has 6 heteroatoms. The Morgan fingerprint density at radius 3 is 2.40 bits per heavy atom. The van der Waals surface area contributed by atoms with Gasteiger partial charge in [-0.3, -0.25) is 0 Å². The zero-order valence-corrected chi connectivity index (χ0v) is 10.5. The molecule has 0 heterocycles. The van der Waals surface area contributed by atoms with Crippen LogP contribution in [0, 0.1) is 0 Å². The van der Waals surface area contributed by atoms with Crippen molar-refractivity contribution in [1.82, 2.24) is 4.31 Å². The summed E-state index contributed by atoms with van der Waals surface area (Å²) >= 11 is 0. The van der Waals surface area contributed by atoms with E-state index in [1.54, 1.807) is 7.11 Å². The molecule has 0 radical (unpaired) electrons. The minimum Gasteiger partial charge on any atom is -0.396 e. The van der Waals surface area contributed by atoms with E-state index in [0.717, 1.165) is 0 Å². The van der Waals surface area contributed by atoms with Crippen LogP contribution >= 0.6 is 0 Å². The predicted molar refractivity (Wildman–Crippen MR) is 59.2 cm³/mol. The molecule has 0 spiro atoms. The highest BCUT2D eigenvalue weighted by Gasteiger charge is 2.23. The number of ether oxygens (including phenoxy) is 1. The molecule has 0 amide bonds. The highest BCUT2D eigenvalue weighted by Crippen LogP contribution is 2.08. The Bertz CT molecular complexity index is 251. The van der Waals surface area contributed by atoms with Crippen LogP contribution in [0.4, 0.5) is 0 Å².